The second-order valence-electron chi connectivity index (χ2n) is 4.35. The number of hydrogen-bond donors (Lipinski definition) is 0. The molecule has 0 spiro atoms. The van der Waals surface area contributed by atoms with Gasteiger partial charge in [-0.1, -0.05) is 0 Å². The van der Waals surface area contributed by atoms with Crippen LogP contribution in [0.1, 0.15) is 32.4 Å². The van der Waals surface area contributed by atoms with E-state index >= 15 is 0 Å². The Bertz CT molecular complexity index is 459. The fourth-order valence-corrected chi connectivity index (χ4v) is 1.85. The zero-order valence-corrected chi connectivity index (χ0v) is 11.8. The Kier molecular flexibility index (Phi) is 5.11. The van der Waals surface area contributed by atoms with Crippen molar-refractivity contribution in [2.75, 3.05) is 14.2 Å². The molecule has 0 radical (unpaired) electrons. The van der Waals surface area contributed by atoms with Crippen molar-refractivity contribution >= 4 is 5.69 Å². The minimum absolute atomic E-state index is 0.0253. The molecule has 0 heterocycles. The smallest absolute Gasteiger partial charge is 0.279 e. The van der Waals surface area contributed by atoms with Gasteiger partial charge < -0.3 is 14.2 Å². The van der Waals surface area contributed by atoms with E-state index in [-0.39, 0.29) is 11.8 Å². The lowest BCUT2D eigenvalue weighted by molar-refractivity contribution is -0.386. The first-order valence-electron chi connectivity index (χ1n) is 5.96. The van der Waals surface area contributed by atoms with Gasteiger partial charge in [-0.3, -0.25) is 10.1 Å². The number of rotatable bonds is 6. The van der Waals surface area contributed by atoms with Crippen LogP contribution in [0, 0.1) is 10.1 Å². The summed E-state index contributed by atoms with van der Waals surface area (Å²) in [5.74, 6) is 0.775. The van der Waals surface area contributed by atoms with Gasteiger partial charge in [0.05, 0.1) is 43.0 Å². The average molecular weight is 269 g/mol. The maximum atomic E-state index is 11.1. The largest absolute Gasteiger partial charge is 0.493 e. The van der Waals surface area contributed by atoms with Crippen molar-refractivity contribution in [1.29, 1.82) is 0 Å². The van der Waals surface area contributed by atoms with E-state index in [0.717, 1.165) is 0 Å². The monoisotopic (exact) mass is 269 g/mol. The molecule has 1 atom stereocenters. The number of benzene rings is 1. The van der Waals surface area contributed by atoms with Gasteiger partial charge in [0.15, 0.2) is 11.5 Å². The topological polar surface area (TPSA) is 70.8 Å². The fraction of sp³-hybridized carbons (Fsp3) is 0.538. The molecule has 0 N–H and O–H groups in total. The third-order valence-electron chi connectivity index (χ3n) is 2.64. The number of ether oxygens (including phenoxy) is 3. The number of nitrogens with zero attached hydrogens (tertiary/aromatic N) is 1. The van der Waals surface area contributed by atoms with Crippen molar-refractivity contribution in [3.8, 4) is 11.5 Å². The minimum atomic E-state index is -0.447. The highest BCUT2D eigenvalue weighted by Crippen LogP contribution is 2.38. The molecule has 1 aromatic rings. The van der Waals surface area contributed by atoms with Crippen LogP contribution in [0.5, 0.6) is 11.5 Å². The van der Waals surface area contributed by atoms with Crippen LogP contribution in [0.3, 0.4) is 0 Å². The highest BCUT2D eigenvalue weighted by atomic mass is 16.6. The Balaban J connectivity index is 3.30. The van der Waals surface area contributed by atoms with Gasteiger partial charge in [-0.2, -0.15) is 0 Å². The molecule has 0 bridgehead atoms. The molecular formula is C13H19NO5. The summed E-state index contributed by atoms with van der Waals surface area (Å²) in [5, 5.41) is 11.1. The molecule has 0 aliphatic rings. The Morgan fingerprint density at radius 2 is 1.63 bits per heavy atom. The van der Waals surface area contributed by atoms with Gasteiger partial charge in [0.25, 0.3) is 5.69 Å². The third kappa shape index (κ3) is 3.57. The van der Waals surface area contributed by atoms with E-state index in [1.54, 1.807) is 13.0 Å². The van der Waals surface area contributed by atoms with Crippen LogP contribution in [-0.4, -0.2) is 25.2 Å². The summed E-state index contributed by atoms with van der Waals surface area (Å²) in [7, 11) is 2.93. The molecule has 0 saturated heterocycles. The van der Waals surface area contributed by atoms with Crippen LogP contribution in [0.25, 0.3) is 0 Å². The minimum Gasteiger partial charge on any atom is -0.493 e. The molecule has 6 nitrogen and oxygen atoms in total. The van der Waals surface area contributed by atoms with Gasteiger partial charge >= 0.3 is 0 Å². The van der Waals surface area contributed by atoms with Crippen LogP contribution in [0.15, 0.2) is 12.1 Å². The van der Waals surface area contributed by atoms with E-state index in [1.807, 2.05) is 13.8 Å². The van der Waals surface area contributed by atoms with Crippen LogP contribution in [0.2, 0.25) is 0 Å². The molecule has 0 fully saturated rings. The molecular weight excluding hydrogens is 250 g/mol. The van der Waals surface area contributed by atoms with E-state index in [4.69, 9.17) is 14.2 Å². The Hall–Kier alpha value is -1.82. The van der Waals surface area contributed by atoms with E-state index < -0.39 is 11.0 Å². The van der Waals surface area contributed by atoms with Crippen molar-refractivity contribution in [2.24, 2.45) is 0 Å². The van der Waals surface area contributed by atoms with Crippen molar-refractivity contribution in [3.05, 3.63) is 27.8 Å². The molecule has 106 valence electrons. The molecule has 1 unspecified atom stereocenters. The summed E-state index contributed by atoms with van der Waals surface area (Å²) in [6.45, 7) is 5.53. The first kappa shape index (κ1) is 15.2. The van der Waals surface area contributed by atoms with Gasteiger partial charge in [0.2, 0.25) is 0 Å². The second kappa shape index (κ2) is 6.38. The second-order valence-corrected chi connectivity index (χ2v) is 4.35. The Morgan fingerprint density at radius 1 is 1.11 bits per heavy atom. The normalized spacial score (nSPS) is 12.3. The van der Waals surface area contributed by atoms with E-state index in [9.17, 15) is 10.1 Å². The standard InChI is InChI=1S/C13H19NO5/c1-8(2)19-9(3)10-6-12(17-4)13(18-5)7-11(10)14(15)16/h6-9H,1-5H3. The van der Waals surface area contributed by atoms with Gasteiger partial charge in [-0.05, 0) is 26.8 Å². The highest BCUT2D eigenvalue weighted by Gasteiger charge is 2.24. The van der Waals surface area contributed by atoms with Crippen molar-refractivity contribution in [2.45, 2.75) is 33.0 Å². The number of hydrogen-bond acceptors (Lipinski definition) is 5. The van der Waals surface area contributed by atoms with Gasteiger partial charge in [-0.15, -0.1) is 0 Å². The van der Waals surface area contributed by atoms with Crippen LogP contribution < -0.4 is 9.47 Å². The lowest BCUT2D eigenvalue weighted by atomic mass is 10.1. The summed E-state index contributed by atoms with van der Waals surface area (Å²) in [5.41, 5.74) is 0.433. The van der Waals surface area contributed by atoms with Crippen LogP contribution >= 0.6 is 0 Å². The van der Waals surface area contributed by atoms with Crippen molar-refractivity contribution in [1.82, 2.24) is 0 Å². The van der Waals surface area contributed by atoms with Crippen molar-refractivity contribution < 1.29 is 19.1 Å². The maximum Gasteiger partial charge on any atom is 0.279 e. The summed E-state index contributed by atoms with van der Waals surface area (Å²) >= 11 is 0. The molecule has 6 heteroatoms. The predicted molar refractivity (Wildman–Crippen MR) is 70.8 cm³/mol. The van der Waals surface area contributed by atoms with Gasteiger partial charge in [-0.25, -0.2) is 0 Å². The van der Waals surface area contributed by atoms with Crippen LogP contribution in [-0.2, 0) is 4.74 Å². The first-order chi connectivity index (χ1) is 8.90. The molecule has 1 rings (SSSR count). The summed E-state index contributed by atoms with van der Waals surface area (Å²) < 4.78 is 15.8. The number of methoxy groups -OCH3 is 2. The molecule has 0 saturated carbocycles. The van der Waals surface area contributed by atoms with Crippen molar-refractivity contribution in [3.63, 3.8) is 0 Å². The highest BCUT2D eigenvalue weighted by molar-refractivity contribution is 5.55. The molecule has 1 aromatic carbocycles. The zero-order chi connectivity index (χ0) is 14.6. The van der Waals surface area contributed by atoms with E-state index in [0.29, 0.717) is 17.1 Å². The lowest BCUT2D eigenvalue weighted by Crippen LogP contribution is -2.10. The lowest BCUT2D eigenvalue weighted by Gasteiger charge is -2.18. The molecule has 0 aliphatic heterocycles. The molecule has 0 aliphatic carbocycles. The summed E-state index contributed by atoms with van der Waals surface area (Å²) in [6, 6.07) is 2.94. The van der Waals surface area contributed by atoms with Gasteiger partial charge in [0, 0.05) is 0 Å². The Morgan fingerprint density at radius 3 is 2.05 bits per heavy atom. The predicted octanol–water partition coefficient (Wildman–Crippen LogP) is 3.10. The first-order valence-corrected chi connectivity index (χ1v) is 5.96. The summed E-state index contributed by atoms with van der Waals surface area (Å²) in [6.07, 6.45) is -0.428. The van der Waals surface area contributed by atoms with E-state index in [2.05, 4.69) is 0 Å². The zero-order valence-electron chi connectivity index (χ0n) is 11.8. The molecule has 0 aromatic heterocycles. The van der Waals surface area contributed by atoms with Crippen LogP contribution in [0.4, 0.5) is 5.69 Å². The third-order valence-corrected chi connectivity index (χ3v) is 2.64. The quantitative estimate of drug-likeness (QED) is 0.586. The van der Waals surface area contributed by atoms with Gasteiger partial charge in [0.1, 0.15) is 0 Å². The fourth-order valence-electron chi connectivity index (χ4n) is 1.85. The average Bonchev–Trinajstić information content (AvgIpc) is 2.35. The van der Waals surface area contributed by atoms with E-state index in [1.165, 1.54) is 20.3 Å². The molecule has 0 amide bonds. The summed E-state index contributed by atoms with van der Waals surface area (Å²) in [4.78, 5) is 10.7. The Labute approximate surface area is 112 Å². The SMILES string of the molecule is COc1cc(C(C)OC(C)C)c([N+](=O)[O-])cc1OC. The number of nitro groups is 1. The number of nitro benzene ring substituents is 1. The maximum absolute atomic E-state index is 11.1. The molecule has 19 heavy (non-hydrogen) atoms.